The fourth-order valence-electron chi connectivity index (χ4n) is 25.5. The third-order valence-corrected chi connectivity index (χ3v) is 36.1. The van der Waals surface area contributed by atoms with Gasteiger partial charge in [0.2, 0.25) is 0 Å². The summed E-state index contributed by atoms with van der Waals surface area (Å²) >= 11 is 5.91. The monoisotopic (exact) mass is 1950 g/mol. The van der Waals surface area contributed by atoms with E-state index in [9.17, 15) is 0 Å². The number of rotatable bonds is 8. The highest BCUT2D eigenvalue weighted by Crippen LogP contribution is 2.63. The van der Waals surface area contributed by atoms with Gasteiger partial charge >= 0.3 is 0 Å². The smallest absolute Gasteiger partial charge is 0.0375 e. The standard InChI is InChI=1S/2C51H32S.C45H28S/c1-2-13-33(14-3-1)37-24-12-15-34-27-30-36(31-46(34)37)32-25-28-35(29-26-32)47-48-42-20-8-4-16-38(42)40-18-6-10-22-44(40)50(48)52-51-45-23-11-7-19-41(45)39-17-5-9-21-43(39)49(47)51;1-2-12-32(13-3-1)35-26-28-38-31-36(27-29-37(38)30-35)33-22-24-34(25-23-33)47-48-43-18-8-4-14-39(43)41-16-6-10-20-45(41)50(48)52-51-46-21-11-7-17-42(46)40-15-5-9-19-44(40)49(47)51;1-2-12-31-27-32(26-23-28(31)11-1)29-21-24-30(25-22-29)41-42-37-17-7-3-13-33(37)35-15-5-9-19-39(35)44(42)46-45-40-20-10-6-16-36(40)34-14-4-8-18-38(34)43(41)45/h2*1-31,47H;1-27,41H. The second-order valence-corrected chi connectivity index (χ2v) is 43.3. The van der Waals surface area contributed by atoms with Crippen LogP contribution in [0.4, 0.5) is 0 Å². The van der Waals surface area contributed by atoms with Crippen molar-refractivity contribution in [3.8, 4) is 55.6 Å². The third-order valence-electron chi connectivity index (χ3n) is 32.3. The molecular formula is C147H92S3. The summed E-state index contributed by atoms with van der Waals surface area (Å²) in [5, 5.41) is 39.5. The van der Waals surface area contributed by atoms with Gasteiger partial charge in [0.05, 0.1) is 0 Å². The van der Waals surface area contributed by atoms with Crippen LogP contribution < -0.4 is 0 Å². The van der Waals surface area contributed by atoms with Gasteiger partial charge in [0, 0.05) is 47.1 Å². The average molecular weight is 1950 g/mol. The quantitative estimate of drug-likeness (QED) is 0.139. The van der Waals surface area contributed by atoms with E-state index in [0.29, 0.717) is 0 Å². The van der Waals surface area contributed by atoms with Crippen molar-refractivity contribution >= 4 is 197 Å². The first-order valence-electron chi connectivity index (χ1n) is 52.1. The molecule has 0 aromatic heterocycles. The Balaban J connectivity index is 0.000000104. The third kappa shape index (κ3) is 14.4. The van der Waals surface area contributed by atoms with E-state index in [2.05, 4.69) is 540 Å². The van der Waals surface area contributed by atoms with Gasteiger partial charge in [0.1, 0.15) is 0 Å². The van der Waals surface area contributed by atoms with Gasteiger partial charge in [-0.2, -0.15) is 0 Å². The van der Waals surface area contributed by atoms with Crippen LogP contribution in [-0.2, 0) is 0 Å². The van der Waals surface area contributed by atoms with Gasteiger partial charge in [-0.1, -0.05) is 551 Å². The predicted molar refractivity (Wildman–Crippen MR) is 643 cm³/mol. The van der Waals surface area contributed by atoms with Gasteiger partial charge in [-0.25, -0.2) is 0 Å². The summed E-state index contributed by atoms with van der Waals surface area (Å²) in [4.78, 5) is 8.26. The summed E-state index contributed by atoms with van der Waals surface area (Å²) in [6, 6.07) is 200. The Hall–Kier alpha value is -17.7. The SMILES string of the molecule is c1ccc(-c2ccc3cc(-c4ccc(C5c6c(c7ccccc7c7ccccc67)Sc6c5c5ccccc5c5ccccc65)cc4)ccc3c2)cc1.c1ccc(-c2cccc3ccc(-c4ccc(C5c6c(c7ccccc7c7ccccc67)Sc6c5c5ccccc5c5ccccc65)cc4)cc23)cc1.c1ccc2cc(-c3ccc(C4c5c(c6ccccc6c6ccccc56)Sc5c4c4ccccc4c4ccccc54)cc3)ccc2c1. The molecule has 698 valence electrons. The summed E-state index contributed by atoms with van der Waals surface area (Å²) in [7, 11) is 0. The average Bonchev–Trinajstić information content (AvgIpc) is 0.705. The molecule has 0 atom stereocenters. The summed E-state index contributed by atoms with van der Waals surface area (Å²) in [5.74, 6) is 0.212. The lowest BCUT2D eigenvalue weighted by atomic mass is 9.78. The van der Waals surface area contributed by atoms with Gasteiger partial charge < -0.3 is 0 Å². The van der Waals surface area contributed by atoms with Crippen molar-refractivity contribution in [2.45, 2.75) is 47.1 Å². The molecule has 0 fully saturated rings. The highest BCUT2D eigenvalue weighted by molar-refractivity contribution is 8.00. The van der Waals surface area contributed by atoms with Crippen molar-refractivity contribution in [2.75, 3.05) is 0 Å². The van der Waals surface area contributed by atoms with E-state index in [-0.39, 0.29) is 17.8 Å². The summed E-state index contributed by atoms with van der Waals surface area (Å²) in [5.41, 5.74) is 24.9. The molecule has 3 aliphatic rings. The normalized spacial score (nSPS) is 12.9. The molecule has 0 spiro atoms. The zero-order valence-corrected chi connectivity index (χ0v) is 84.3. The molecule has 29 aromatic carbocycles. The first-order chi connectivity index (χ1) is 74.4. The van der Waals surface area contributed by atoms with Gasteiger partial charge in [-0.15, -0.1) is 0 Å². The molecule has 29 aromatic rings. The maximum absolute atomic E-state index is 2.39. The molecule has 150 heavy (non-hydrogen) atoms. The molecule has 3 aliphatic heterocycles. The van der Waals surface area contributed by atoms with Gasteiger partial charge in [0.25, 0.3) is 0 Å². The van der Waals surface area contributed by atoms with Crippen LogP contribution in [0.15, 0.2) is 569 Å². The van der Waals surface area contributed by atoms with Crippen LogP contribution >= 0.6 is 35.3 Å². The largest absolute Gasteiger partial charge is 0.0881 e. The van der Waals surface area contributed by atoms with E-state index in [0.717, 1.165) is 0 Å². The van der Waals surface area contributed by atoms with Gasteiger partial charge in [-0.05, 0) is 292 Å². The molecule has 3 heterocycles. The Morgan fingerprint density at radius 3 is 0.573 bits per heavy atom. The zero-order chi connectivity index (χ0) is 98.5. The van der Waals surface area contributed by atoms with Crippen LogP contribution in [0.25, 0.3) is 217 Å². The molecule has 0 saturated carbocycles. The van der Waals surface area contributed by atoms with Crippen LogP contribution in [0, 0.1) is 0 Å². The minimum absolute atomic E-state index is 0.0607. The van der Waals surface area contributed by atoms with Crippen molar-refractivity contribution in [3.05, 3.63) is 590 Å². The number of fused-ring (bicyclic) bond motifs is 39. The first kappa shape index (κ1) is 87.7. The predicted octanol–water partition coefficient (Wildman–Crippen LogP) is 41.6. The van der Waals surface area contributed by atoms with Crippen LogP contribution in [0.2, 0.25) is 0 Å². The molecule has 32 rings (SSSR count). The molecule has 3 heteroatoms. The van der Waals surface area contributed by atoms with Crippen molar-refractivity contribution in [2.24, 2.45) is 0 Å². The van der Waals surface area contributed by atoms with E-state index < -0.39 is 0 Å². The second kappa shape index (κ2) is 36.2. The second-order valence-electron chi connectivity index (χ2n) is 40.3. The molecule has 0 aliphatic carbocycles. The Kier molecular flexibility index (Phi) is 21.1. The first-order valence-corrected chi connectivity index (χ1v) is 54.5. The molecule has 0 unspecified atom stereocenters. The lowest BCUT2D eigenvalue weighted by Gasteiger charge is -2.33. The summed E-state index contributed by atoms with van der Waals surface area (Å²) in [6.07, 6.45) is 0. The van der Waals surface area contributed by atoms with Gasteiger partial charge in [-0.3, -0.25) is 0 Å². The lowest BCUT2D eigenvalue weighted by molar-refractivity contribution is 0.938. The fraction of sp³-hybridized carbons (Fsp3) is 0.0204. The van der Waals surface area contributed by atoms with E-state index in [4.69, 9.17) is 0 Å². The number of hydrogen-bond acceptors (Lipinski definition) is 3. The number of hydrogen-bond donors (Lipinski definition) is 0. The van der Waals surface area contributed by atoms with Crippen molar-refractivity contribution in [3.63, 3.8) is 0 Å². The van der Waals surface area contributed by atoms with Crippen molar-refractivity contribution in [1.29, 1.82) is 0 Å². The van der Waals surface area contributed by atoms with Crippen LogP contribution in [-0.4, -0.2) is 0 Å². The Morgan fingerprint density at radius 1 is 0.107 bits per heavy atom. The minimum atomic E-state index is 0.0607. The maximum Gasteiger partial charge on any atom is 0.0375 e. The lowest BCUT2D eigenvalue weighted by Crippen LogP contribution is -2.12. The van der Waals surface area contributed by atoms with Crippen molar-refractivity contribution in [1.82, 2.24) is 0 Å². The van der Waals surface area contributed by atoms with Crippen LogP contribution in [0.5, 0.6) is 0 Å². The Labute approximate surface area is 882 Å². The molecule has 0 nitrogen and oxygen atoms in total. The Bertz CT molecular complexity index is 10300. The topological polar surface area (TPSA) is 0 Å². The molecule has 0 radical (unpaired) electrons. The van der Waals surface area contributed by atoms with E-state index in [1.54, 1.807) is 0 Å². The van der Waals surface area contributed by atoms with Gasteiger partial charge in [0.15, 0.2) is 0 Å². The molecule has 0 saturated heterocycles. The molecule has 0 bridgehead atoms. The fourth-order valence-corrected chi connectivity index (χ4v) is 29.8. The van der Waals surface area contributed by atoms with E-state index in [1.807, 2.05) is 35.3 Å². The van der Waals surface area contributed by atoms with Crippen LogP contribution in [0.1, 0.15) is 67.8 Å². The van der Waals surface area contributed by atoms with Crippen molar-refractivity contribution < 1.29 is 0 Å². The zero-order valence-electron chi connectivity index (χ0n) is 81.8. The van der Waals surface area contributed by atoms with Crippen LogP contribution in [0.3, 0.4) is 0 Å². The molecular weight excluding hydrogens is 1860 g/mol. The maximum atomic E-state index is 2.39. The minimum Gasteiger partial charge on any atom is -0.0881 e. The van der Waals surface area contributed by atoms with E-state index in [1.165, 1.54) is 297 Å². The summed E-state index contributed by atoms with van der Waals surface area (Å²) in [6.45, 7) is 0. The van der Waals surface area contributed by atoms with E-state index >= 15 is 0 Å². The highest BCUT2D eigenvalue weighted by atomic mass is 32.2. The summed E-state index contributed by atoms with van der Waals surface area (Å²) < 4.78 is 0. The molecule has 0 amide bonds. The number of benzene rings is 29. The molecule has 0 N–H and O–H groups in total. The Morgan fingerprint density at radius 2 is 0.293 bits per heavy atom. The highest BCUT2D eigenvalue weighted by Gasteiger charge is 2.39.